The second-order valence-corrected chi connectivity index (χ2v) is 4.25. The molecular formula is C14H28O. The topological polar surface area (TPSA) is 20.2 Å². The number of hydrogen-bond donors (Lipinski definition) is 1. The summed E-state index contributed by atoms with van der Waals surface area (Å²) in [5.41, 5.74) is 0. The van der Waals surface area contributed by atoms with Gasteiger partial charge in [-0.05, 0) is 19.3 Å². The molecule has 0 saturated heterocycles. The van der Waals surface area contributed by atoms with Gasteiger partial charge in [0.15, 0.2) is 0 Å². The van der Waals surface area contributed by atoms with Gasteiger partial charge >= 0.3 is 0 Å². The highest BCUT2D eigenvalue weighted by Gasteiger charge is 1.90. The Labute approximate surface area is 95.6 Å². The van der Waals surface area contributed by atoms with Crippen LogP contribution < -0.4 is 0 Å². The van der Waals surface area contributed by atoms with Gasteiger partial charge < -0.3 is 5.11 Å². The van der Waals surface area contributed by atoms with Crippen LogP contribution in [0.1, 0.15) is 71.1 Å². The summed E-state index contributed by atoms with van der Waals surface area (Å²) in [4.78, 5) is 0. The average Bonchev–Trinajstić information content (AvgIpc) is 2.26. The van der Waals surface area contributed by atoms with Crippen molar-refractivity contribution in [2.24, 2.45) is 0 Å². The van der Waals surface area contributed by atoms with E-state index in [0.29, 0.717) is 0 Å². The van der Waals surface area contributed by atoms with Gasteiger partial charge in [-0.2, -0.15) is 0 Å². The van der Waals surface area contributed by atoms with Crippen LogP contribution in [0.2, 0.25) is 0 Å². The van der Waals surface area contributed by atoms with E-state index in [4.69, 9.17) is 5.11 Å². The summed E-state index contributed by atoms with van der Waals surface area (Å²) in [6, 6.07) is 0. The number of aliphatic hydroxyl groups is 1. The lowest BCUT2D eigenvalue weighted by atomic mass is 10.1. The van der Waals surface area contributed by atoms with E-state index in [0.717, 1.165) is 6.42 Å². The van der Waals surface area contributed by atoms with Crippen LogP contribution in [0.25, 0.3) is 0 Å². The Kier molecular flexibility index (Phi) is 13.4. The van der Waals surface area contributed by atoms with E-state index in [-0.39, 0.29) is 6.61 Å². The highest BCUT2D eigenvalue weighted by atomic mass is 16.2. The Hall–Kier alpha value is -0.300. The normalized spacial score (nSPS) is 11.3. The first-order valence-electron chi connectivity index (χ1n) is 6.67. The molecule has 90 valence electrons. The van der Waals surface area contributed by atoms with Gasteiger partial charge in [-0.25, -0.2) is 0 Å². The zero-order valence-corrected chi connectivity index (χ0v) is 10.4. The SMILES string of the molecule is CCCCCCCCCCC=CCCO. The first-order chi connectivity index (χ1) is 7.41. The number of aliphatic hydroxyl groups excluding tert-OH is 1. The maximum absolute atomic E-state index is 8.56. The van der Waals surface area contributed by atoms with Crippen molar-refractivity contribution in [1.82, 2.24) is 0 Å². The summed E-state index contributed by atoms with van der Waals surface area (Å²) < 4.78 is 0. The van der Waals surface area contributed by atoms with Gasteiger partial charge in [0, 0.05) is 6.61 Å². The Bertz CT molecular complexity index is 129. The number of rotatable bonds is 11. The van der Waals surface area contributed by atoms with Crippen LogP contribution in [-0.4, -0.2) is 11.7 Å². The molecule has 0 atom stereocenters. The zero-order chi connectivity index (χ0) is 11.2. The smallest absolute Gasteiger partial charge is 0.0465 e. The Morgan fingerprint density at radius 1 is 0.733 bits per heavy atom. The lowest BCUT2D eigenvalue weighted by Gasteiger charge is -1.99. The Morgan fingerprint density at radius 2 is 1.27 bits per heavy atom. The summed E-state index contributed by atoms with van der Waals surface area (Å²) in [7, 11) is 0. The predicted octanol–water partition coefficient (Wildman–Crippen LogP) is 4.46. The van der Waals surface area contributed by atoms with Gasteiger partial charge in [0.05, 0.1) is 0 Å². The van der Waals surface area contributed by atoms with Crippen LogP contribution in [0, 0.1) is 0 Å². The Morgan fingerprint density at radius 3 is 1.87 bits per heavy atom. The van der Waals surface area contributed by atoms with E-state index in [1.165, 1.54) is 57.8 Å². The van der Waals surface area contributed by atoms with E-state index >= 15 is 0 Å². The highest BCUT2D eigenvalue weighted by Crippen LogP contribution is 2.09. The lowest BCUT2D eigenvalue weighted by Crippen LogP contribution is -1.80. The number of allylic oxidation sites excluding steroid dienone is 1. The van der Waals surface area contributed by atoms with Crippen LogP contribution in [0.15, 0.2) is 12.2 Å². The molecule has 0 aromatic rings. The first kappa shape index (κ1) is 14.7. The molecule has 15 heavy (non-hydrogen) atoms. The molecule has 0 aromatic carbocycles. The molecule has 0 aliphatic rings. The van der Waals surface area contributed by atoms with Gasteiger partial charge in [0.1, 0.15) is 0 Å². The fraction of sp³-hybridized carbons (Fsp3) is 0.857. The minimum absolute atomic E-state index is 0.286. The molecule has 0 fully saturated rings. The van der Waals surface area contributed by atoms with Crippen molar-refractivity contribution < 1.29 is 5.11 Å². The van der Waals surface area contributed by atoms with Gasteiger partial charge in [-0.15, -0.1) is 0 Å². The van der Waals surface area contributed by atoms with Crippen LogP contribution >= 0.6 is 0 Å². The van der Waals surface area contributed by atoms with Gasteiger partial charge in [0.25, 0.3) is 0 Å². The average molecular weight is 212 g/mol. The monoisotopic (exact) mass is 212 g/mol. The van der Waals surface area contributed by atoms with Crippen molar-refractivity contribution in [3.8, 4) is 0 Å². The summed E-state index contributed by atoms with van der Waals surface area (Å²) in [5.74, 6) is 0. The van der Waals surface area contributed by atoms with E-state index < -0.39 is 0 Å². The third-order valence-corrected chi connectivity index (χ3v) is 2.69. The summed E-state index contributed by atoms with van der Waals surface area (Å²) in [6.45, 7) is 2.55. The molecule has 0 saturated carbocycles. The molecule has 1 heteroatoms. The molecule has 1 nitrogen and oxygen atoms in total. The van der Waals surface area contributed by atoms with Crippen LogP contribution in [0.4, 0.5) is 0 Å². The quantitative estimate of drug-likeness (QED) is 0.396. The van der Waals surface area contributed by atoms with Crippen molar-refractivity contribution in [2.75, 3.05) is 6.61 Å². The van der Waals surface area contributed by atoms with Crippen molar-refractivity contribution in [3.63, 3.8) is 0 Å². The first-order valence-corrected chi connectivity index (χ1v) is 6.67. The van der Waals surface area contributed by atoms with E-state index in [9.17, 15) is 0 Å². The number of unbranched alkanes of at least 4 members (excludes halogenated alkanes) is 8. The fourth-order valence-electron chi connectivity index (χ4n) is 1.71. The molecule has 0 bridgehead atoms. The van der Waals surface area contributed by atoms with Crippen molar-refractivity contribution >= 4 is 0 Å². The minimum atomic E-state index is 0.286. The van der Waals surface area contributed by atoms with Gasteiger partial charge in [0.2, 0.25) is 0 Å². The fourth-order valence-corrected chi connectivity index (χ4v) is 1.71. The highest BCUT2D eigenvalue weighted by molar-refractivity contribution is 4.80. The van der Waals surface area contributed by atoms with E-state index in [1.807, 2.05) is 0 Å². The second-order valence-electron chi connectivity index (χ2n) is 4.25. The third kappa shape index (κ3) is 13.7. The van der Waals surface area contributed by atoms with E-state index in [2.05, 4.69) is 19.1 Å². The molecule has 0 heterocycles. The van der Waals surface area contributed by atoms with Crippen LogP contribution in [0.5, 0.6) is 0 Å². The zero-order valence-electron chi connectivity index (χ0n) is 10.4. The molecular weight excluding hydrogens is 184 g/mol. The molecule has 0 aliphatic heterocycles. The Balaban J connectivity index is 2.92. The summed E-state index contributed by atoms with van der Waals surface area (Å²) in [5, 5.41) is 8.56. The third-order valence-electron chi connectivity index (χ3n) is 2.69. The second kappa shape index (κ2) is 13.7. The van der Waals surface area contributed by atoms with Crippen LogP contribution in [0.3, 0.4) is 0 Å². The maximum atomic E-state index is 8.56. The van der Waals surface area contributed by atoms with Crippen LogP contribution in [-0.2, 0) is 0 Å². The summed E-state index contributed by atoms with van der Waals surface area (Å²) >= 11 is 0. The van der Waals surface area contributed by atoms with Crippen molar-refractivity contribution in [2.45, 2.75) is 71.1 Å². The predicted molar refractivity (Wildman–Crippen MR) is 68.1 cm³/mol. The number of hydrogen-bond acceptors (Lipinski definition) is 1. The molecule has 0 aliphatic carbocycles. The van der Waals surface area contributed by atoms with Gasteiger partial charge in [-0.1, -0.05) is 64.0 Å². The molecule has 0 amide bonds. The van der Waals surface area contributed by atoms with Crippen molar-refractivity contribution in [3.05, 3.63) is 12.2 Å². The van der Waals surface area contributed by atoms with E-state index in [1.54, 1.807) is 0 Å². The van der Waals surface area contributed by atoms with Crippen molar-refractivity contribution in [1.29, 1.82) is 0 Å². The maximum Gasteiger partial charge on any atom is 0.0465 e. The standard InChI is InChI=1S/C14H28O/c1-2-3-4-5-6-7-8-9-10-11-12-13-14-15/h11-12,15H,2-10,13-14H2,1H3. The molecule has 0 spiro atoms. The minimum Gasteiger partial charge on any atom is -0.396 e. The largest absolute Gasteiger partial charge is 0.396 e. The molecule has 0 aromatic heterocycles. The molecule has 1 N–H and O–H groups in total. The summed E-state index contributed by atoms with van der Waals surface area (Å²) in [6.07, 6.45) is 17.4. The lowest BCUT2D eigenvalue weighted by molar-refractivity contribution is 0.302. The van der Waals surface area contributed by atoms with Gasteiger partial charge in [-0.3, -0.25) is 0 Å². The molecule has 0 unspecified atom stereocenters. The molecule has 0 radical (unpaired) electrons. The molecule has 0 rings (SSSR count).